The van der Waals surface area contributed by atoms with Gasteiger partial charge in [0.2, 0.25) is 0 Å². The van der Waals surface area contributed by atoms with E-state index >= 15 is 0 Å². The molecule has 1 fully saturated rings. The predicted molar refractivity (Wildman–Crippen MR) is 76.9 cm³/mol. The van der Waals surface area contributed by atoms with E-state index in [1.165, 1.54) is 0 Å². The number of hydrogen-bond donors (Lipinski definition) is 1. The van der Waals surface area contributed by atoms with Crippen molar-refractivity contribution in [3.63, 3.8) is 0 Å². The summed E-state index contributed by atoms with van der Waals surface area (Å²) in [5.41, 5.74) is 6.53. The number of nitrogens with two attached hydrogens (primary N) is 1. The summed E-state index contributed by atoms with van der Waals surface area (Å²) in [6.07, 6.45) is 4.06. The van der Waals surface area contributed by atoms with Crippen molar-refractivity contribution in [2.45, 2.75) is 12.8 Å². The highest BCUT2D eigenvalue weighted by atomic mass is 32.1. The van der Waals surface area contributed by atoms with Crippen LogP contribution in [0.3, 0.4) is 0 Å². The number of anilines is 1. The third-order valence-corrected chi connectivity index (χ3v) is 3.61. The molecule has 98 valence electrons. The maximum Gasteiger partial charge on any atom is 0.129 e. The van der Waals surface area contributed by atoms with Gasteiger partial charge in [0.1, 0.15) is 10.8 Å². The summed E-state index contributed by atoms with van der Waals surface area (Å²) in [5.74, 6) is 1.64. The Hall–Kier alpha value is -1.20. The van der Waals surface area contributed by atoms with Crippen LogP contribution in [0.1, 0.15) is 18.4 Å². The van der Waals surface area contributed by atoms with Crippen molar-refractivity contribution in [3.8, 4) is 0 Å². The van der Waals surface area contributed by atoms with Gasteiger partial charge in [0.05, 0.1) is 0 Å². The molecular formula is C13H19N3OS. The summed E-state index contributed by atoms with van der Waals surface area (Å²) in [6, 6.07) is 3.82. The number of pyridine rings is 1. The second-order valence-corrected chi connectivity index (χ2v) is 5.09. The van der Waals surface area contributed by atoms with Crippen LogP contribution in [-0.2, 0) is 4.74 Å². The van der Waals surface area contributed by atoms with E-state index < -0.39 is 0 Å². The van der Waals surface area contributed by atoms with Gasteiger partial charge in [0.25, 0.3) is 0 Å². The zero-order valence-electron chi connectivity index (χ0n) is 10.6. The molecule has 18 heavy (non-hydrogen) atoms. The number of hydrogen-bond acceptors (Lipinski definition) is 4. The van der Waals surface area contributed by atoms with Crippen molar-refractivity contribution in [2.24, 2.45) is 11.7 Å². The lowest BCUT2D eigenvalue weighted by molar-refractivity contribution is 0.139. The standard InChI is InChI=1S/C13H19N3OS/c1-17-9-10-3-6-16(7-4-10)12-8-11(13(14)18)2-5-15-12/h2,5,8,10H,3-4,6-7,9H2,1H3,(H2,14,18). The Bertz CT molecular complexity index is 416. The molecule has 4 nitrogen and oxygen atoms in total. The van der Waals surface area contributed by atoms with E-state index in [0.717, 1.165) is 43.9 Å². The van der Waals surface area contributed by atoms with E-state index in [1.807, 2.05) is 12.1 Å². The quantitative estimate of drug-likeness (QED) is 0.838. The molecule has 1 aliphatic heterocycles. The molecule has 0 bridgehead atoms. The molecule has 1 aromatic heterocycles. The minimum atomic E-state index is 0.424. The first-order valence-corrected chi connectivity index (χ1v) is 6.61. The molecule has 0 aromatic carbocycles. The van der Waals surface area contributed by atoms with E-state index in [9.17, 15) is 0 Å². The largest absolute Gasteiger partial charge is 0.389 e. The summed E-state index contributed by atoms with van der Waals surface area (Å²) < 4.78 is 5.21. The molecule has 2 N–H and O–H groups in total. The van der Waals surface area contributed by atoms with Gasteiger partial charge in [0.15, 0.2) is 0 Å². The molecule has 1 aliphatic rings. The average Bonchev–Trinajstić information content (AvgIpc) is 2.40. The Balaban J connectivity index is 2.01. The molecule has 1 aromatic rings. The third kappa shape index (κ3) is 3.17. The van der Waals surface area contributed by atoms with Crippen LogP contribution in [0, 0.1) is 5.92 Å². The van der Waals surface area contributed by atoms with Crippen LogP contribution in [0.15, 0.2) is 18.3 Å². The van der Waals surface area contributed by atoms with Crippen LogP contribution < -0.4 is 10.6 Å². The van der Waals surface area contributed by atoms with Gasteiger partial charge < -0.3 is 15.4 Å². The SMILES string of the molecule is COCC1CCN(c2cc(C(N)=S)ccn2)CC1. The van der Waals surface area contributed by atoms with Crippen molar-refractivity contribution in [1.82, 2.24) is 4.98 Å². The summed E-state index contributed by atoms with van der Waals surface area (Å²) in [6.45, 7) is 2.89. The van der Waals surface area contributed by atoms with Crippen LogP contribution >= 0.6 is 12.2 Å². The molecule has 2 rings (SSSR count). The maximum absolute atomic E-state index is 5.64. The molecule has 0 saturated carbocycles. The van der Waals surface area contributed by atoms with Gasteiger partial charge >= 0.3 is 0 Å². The second-order valence-electron chi connectivity index (χ2n) is 4.65. The lowest BCUT2D eigenvalue weighted by Gasteiger charge is -2.32. The van der Waals surface area contributed by atoms with E-state index in [2.05, 4.69) is 9.88 Å². The number of thiocarbonyl (C=S) groups is 1. The zero-order valence-corrected chi connectivity index (χ0v) is 11.4. The number of methoxy groups -OCH3 is 1. The molecule has 0 amide bonds. The van der Waals surface area contributed by atoms with Gasteiger partial charge in [-0.25, -0.2) is 4.98 Å². The Labute approximate surface area is 113 Å². The Morgan fingerprint density at radius 3 is 2.89 bits per heavy atom. The highest BCUT2D eigenvalue weighted by Crippen LogP contribution is 2.22. The van der Waals surface area contributed by atoms with Crippen molar-refractivity contribution >= 4 is 23.0 Å². The van der Waals surface area contributed by atoms with E-state index in [0.29, 0.717) is 10.9 Å². The monoisotopic (exact) mass is 265 g/mol. The molecule has 2 heterocycles. The number of nitrogens with zero attached hydrogens (tertiary/aromatic N) is 2. The average molecular weight is 265 g/mol. The molecule has 0 aliphatic carbocycles. The lowest BCUT2D eigenvalue weighted by Crippen LogP contribution is -2.35. The summed E-state index contributed by atoms with van der Waals surface area (Å²) >= 11 is 4.99. The smallest absolute Gasteiger partial charge is 0.129 e. The Kier molecular flexibility index (Phi) is 4.49. The first-order chi connectivity index (χ1) is 8.70. The molecule has 5 heteroatoms. The van der Waals surface area contributed by atoms with Crippen LogP contribution in [0.25, 0.3) is 0 Å². The first kappa shape index (κ1) is 13.2. The summed E-state index contributed by atoms with van der Waals surface area (Å²) in [7, 11) is 1.76. The van der Waals surface area contributed by atoms with Gasteiger partial charge in [-0.2, -0.15) is 0 Å². The highest BCUT2D eigenvalue weighted by Gasteiger charge is 2.20. The molecule has 1 saturated heterocycles. The van der Waals surface area contributed by atoms with Crippen LogP contribution in [0.2, 0.25) is 0 Å². The third-order valence-electron chi connectivity index (χ3n) is 3.37. The highest BCUT2D eigenvalue weighted by molar-refractivity contribution is 7.80. The van der Waals surface area contributed by atoms with Crippen LogP contribution in [0.4, 0.5) is 5.82 Å². The minimum absolute atomic E-state index is 0.424. The first-order valence-electron chi connectivity index (χ1n) is 6.20. The van der Waals surface area contributed by atoms with Crippen molar-refractivity contribution < 1.29 is 4.74 Å². The molecule has 0 radical (unpaired) electrons. The lowest BCUT2D eigenvalue weighted by atomic mass is 9.98. The fourth-order valence-electron chi connectivity index (χ4n) is 2.31. The molecular weight excluding hydrogens is 246 g/mol. The molecule has 0 atom stereocenters. The Morgan fingerprint density at radius 2 is 2.28 bits per heavy atom. The second kappa shape index (κ2) is 6.11. The van der Waals surface area contributed by atoms with Crippen LogP contribution in [0.5, 0.6) is 0 Å². The van der Waals surface area contributed by atoms with Crippen molar-refractivity contribution in [2.75, 3.05) is 31.7 Å². The van der Waals surface area contributed by atoms with Gasteiger partial charge in [-0.15, -0.1) is 0 Å². The molecule has 0 unspecified atom stereocenters. The van der Waals surface area contributed by atoms with E-state index in [4.69, 9.17) is 22.7 Å². The van der Waals surface area contributed by atoms with Gasteiger partial charge in [-0.1, -0.05) is 12.2 Å². The zero-order chi connectivity index (χ0) is 13.0. The van der Waals surface area contributed by atoms with Crippen molar-refractivity contribution in [3.05, 3.63) is 23.9 Å². The van der Waals surface area contributed by atoms with Gasteiger partial charge in [-0.05, 0) is 30.9 Å². The Morgan fingerprint density at radius 1 is 1.56 bits per heavy atom. The number of aromatic nitrogens is 1. The fourth-order valence-corrected chi connectivity index (χ4v) is 2.44. The minimum Gasteiger partial charge on any atom is -0.389 e. The van der Waals surface area contributed by atoms with Gasteiger partial charge in [0, 0.05) is 38.6 Å². The number of ether oxygens (including phenoxy) is 1. The number of piperidine rings is 1. The van der Waals surface area contributed by atoms with Gasteiger partial charge in [-0.3, -0.25) is 0 Å². The normalized spacial score (nSPS) is 16.8. The van der Waals surface area contributed by atoms with E-state index in [1.54, 1.807) is 13.3 Å². The number of rotatable bonds is 4. The summed E-state index contributed by atoms with van der Waals surface area (Å²) in [5, 5.41) is 0. The topological polar surface area (TPSA) is 51.4 Å². The summed E-state index contributed by atoms with van der Waals surface area (Å²) in [4.78, 5) is 7.11. The fraction of sp³-hybridized carbons (Fsp3) is 0.538. The van der Waals surface area contributed by atoms with Crippen molar-refractivity contribution in [1.29, 1.82) is 0 Å². The molecule has 0 spiro atoms. The predicted octanol–water partition coefficient (Wildman–Crippen LogP) is 1.58. The van der Waals surface area contributed by atoms with Crippen LogP contribution in [-0.4, -0.2) is 36.8 Å². The van der Waals surface area contributed by atoms with E-state index in [-0.39, 0.29) is 0 Å². The maximum atomic E-state index is 5.64.